The molecule has 0 bridgehead atoms. The van der Waals surface area contributed by atoms with Crippen LogP contribution in [0.15, 0.2) is 42.7 Å². The summed E-state index contributed by atoms with van der Waals surface area (Å²) in [6.07, 6.45) is 3.16. The van der Waals surface area contributed by atoms with Crippen LogP contribution in [-0.4, -0.2) is 28.2 Å². The lowest BCUT2D eigenvalue weighted by molar-refractivity contribution is -0.134. The maximum Gasteiger partial charge on any atom is 0.233 e. The molecule has 0 saturated carbocycles. The second kappa shape index (κ2) is 8.45. The smallest absolute Gasteiger partial charge is 0.233 e. The van der Waals surface area contributed by atoms with Crippen LogP contribution in [-0.2, 0) is 16.1 Å². The van der Waals surface area contributed by atoms with E-state index in [9.17, 15) is 9.59 Å². The van der Waals surface area contributed by atoms with E-state index in [4.69, 9.17) is 11.6 Å². The van der Waals surface area contributed by atoms with Crippen LogP contribution in [0.4, 0.5) is 5.69 Å². The minimum absolute atomic E-state index is 0.203. The molecule has 2 amide bonds. The van der Waals surface area contributed by atoms with E-state index in [1.165, 1.54) is 0 Å². The number of nitrogens with one attached hydrogen (secondary N) is 1. The molecule has 0 radical (unpaired) electrons. The Morgan fingerprint density at radius 1 is 1.21 bits per heavy atom. The van der Waals surface area contributed by atoms with Gasteiger partial charge in [0.15, 0.2) is 0 Å². The van der Waals surface area contributed by atoms with Crippen molar-refractivity contribution >= 4 is 29.1 Å². The van der Waals surface area contributed by atoms with Crippen LogP contribution < -0.4 is 5.32 Å². The molecule has 0 atom stereocenters. The molecule has 6 heteroatoms. The van der Waals surface area contributed by atoms with Gasteiger partial charge in [-0.3, -0.25) is 14.6 Å². The maximum atomic E-state index is 12.4. The molecule has 0 spiro atoms. The molecule has 1 heterocycles. The molecule has 5 nitrogen and oxygen atoms in total. The maximum absolute atomic E-state index is 12.4. The van der Waals surface area contributed by atoms with E-state index >= 15 is 0 Å². The molecule has 2 aromatic rings. The van der Waals surface area contributed by atoms with Gasteiger partial charge in [-0.2, -0.15) is 0 Å². The van der Waals surface area contributed by atoms with E-state index in [0.29, 0.717) is 23.8 Å². The zero-order valence-electron chi connectivity index (χ0n) is 13.8. The van der Waals surface area contributed by atoms with Gasteiger partial charge in [0.05, 0.1) is 0 Å². The van der Waals surface area contributed by atoms with Crippen LogP contribution in [0.1, 0.15) is 24.5 Å². The van der Waals surface area contributed by atoms with Crippen LogP contribution >= 0.6 is 11.6 Å². The van der Waals surface area contributed by atoms with Gasteiger partial charge in [-0.25, -0.2) is 0 Å². The monoisotopic (exact) mass is 345 g/mol. The van der Waals surface area contributed by atoms with E-state index in [-0.39, 0.29) is 18.2 Å². The zero-order valence-corrected chi connectivity index (χ0v) is 14.5. The van der Waals surface area contributed by atoms with Gasteiger partial charge in [-0.1, -0.05) is 17.7 Å². The van der Waals surface area contributed by atoms with Crippen molar-refractivity contribution < 1.29 is 9.59 Å². The molecule has 0 aliphatic rings. The van der Waals surface area contributed by atoms with E-state index in [1.807, 2.05) is 26.0 Å². The van der Waals surface area contributed by atoms with Gasteiger partial charge in [-0.05, 0) is 49.2 Å². The van der Waals surface area contributed by atoms with Crippen LogP contribution in [0.3, 0.4) is 0 Å². The number of carbonyl (C=O) groups excluding carboxylic acids is 2. The number of rotatable bonds is 6. The largest absolute Gasteiger partial charge is 0.338 e. The third-order valence-electron chi connectivity index (χ3n) is 3.71. The summed E-state index contributed by atoms with van der Waals surface area (Å²) in [7, 11) is 0. The van der Waals surface area contributed by atoms with Crippen molar-refractivity contribution in [3.05, 3.63) is 58.9 Å². The number of halogens is 1. The van der Waals surface area contributed by atoms with E-state index in [0.717, 1.165) is 11.1 Å². The fraction of sp³-hybridized carbons (Fsp3) is 0.278. The van der Waals surface area contributed by atoms with E-state index in [2.05, 4.69) is 10.3 Å². The minimum Gasteiger partial charge on any atom is -0.338 e. The highest BCUT2D eigenvalue weighted by Gasteiger charge is 2.17. The normalized spacial score (nSPS) is 10.3. The summed E-state index contributed by atoms with van der Waals surface area (Å²) in [6.45, 7) is 4.70. The number of nitrogens with zero attached hydrogens (tertiary/aromatic N) is 2. The summed E-state index contributed by atoms with van der Waals surface area (Å²) in [5.41, 5.74) is 2.38. The van der Waals surface area contributed by atoms with Crippen molar-refractivity contribution in [2.75, 3.05) is 11.9 Å². The molecule has 0 unspecified atom stereocenters. The second-order valence-electron chi connectivity index (χ2n) is 5.40. The highest BCUT2D eigenvalue weighted by Crippen LogP contribution is 2.23. The van der Waals surface area contributed by atoms with Gasteiger partial charge >= 0.3 is 0 Å². The molecule has 24 heavy (non-hydrogen) atoms. The van der Waals surface area contributed by atoms with Crippen molar-refractivity contribution in [3.8, 4) is 0 Å². The van der Waals surface area contributed by atoms with Crippen LogP contribution in [0.25, 0.3) is 0 Å². The first-order valence-electron chi connectivity index (χ1n) is 7.73. The van der Waals surface area contributed by atoms with E-state index in [1.54, 1.807) is 35.5 Å². The Balaban J connectivity index is 1.96. The zero-order chi connectivity index (χ0) is 17.5. The van der Waals surface area contributed by atoms with Gasteiger partial charge in [0.2, 0.25) is 11.8 Å². The predicted molar refractivity (Wildman–Crippen MR) is 94.8 cm³/mol. The first-order chi connectivity index (χ1) is 11.5. The number of aromatic nitrogens is 1. The lowest BCUT2D eigenvalue weighted by Crippen LogP contribution is -2.33. The minimum atomic E-state index is -0.349. The molecule has 1 aromatic carbocycles. The molecule has 126 valence electrons. The highest BCUT2D eigenvalue weighted by molar-refractivity contribution is 6.31. The SMILES string of the molecule is CCN(Cc1ccncc1)C(=O)CC(=O)Nc1cccc(Cl)c1C. The second-order valence-corrected chi connectivity index (χ2v) is 5.81. The number of amides is 2. The van der Waals surface area contributed by atoms with Crippen molar-refractivity contribution in [2.45, 2.75) is 26.8 Å². The summed E-state index contributed by atoms with van der Waals surface area (Å²) >= 11 is 6.03. The first kappa shape index (κ1) is 17.9. The Bertz CT molecular complexity index is 719. The van der Waals surface area contributed by atoms with Gasteiger partial charge < -0.3 is 10.2 Å². The number of anilines is 1. The Morgan fingerprint density at radius 3 is 2.58 bits per heavy atom. The lowest BCUT2D eigenvalue weighted by atomic mass is 10.2. The molecule has 0 aliphatic carbocycles. The average molecular weight is 346 g/mol. The average Bonchev–Trinajstić information content (AvgIpc) is 2.57. The molecule has 0 saturated heterocycles. The summed E-state index contributed by atoms with van der Waals surface area (Å²) in [5.74, 6) is -0.565. The highest BCUT2D eigenvalue weighted by atomic mass is 35.5. The van der Waals surface area contributed by atoms with Crippen LogP contribution in [0.2, 0.25) is 5.02 Å². The third kappa shape index (κ3) is 4.80. The van der Waals surface area contributed by atoms with Crippen molar-refractivity contribution in [3.63, 3.8) is 0 Å². The van der Waals surface area contributed by atoms with Gasteiger partial charge in [0.1, 0.15) is 6.42 Å². The molecular weight excluding hydrogens is 326 g/mol. The van der Waals surface area contributed by atoms with Gasteiger partial charge in [0, 0.05) is 36.2 Å². The van der Waals surface area contributed by atoms with Crippen LogP contribution in [0.5, 0.6) is 0 Å². The Morgan fingerprint density at radius 2 is 1.92 bits per heavy atom. The lowest BCUT2D eigenvalue weighted by Gasteiger charge is -2.21. The van der Waals surface area contributed by atoms with Crippen LogP contribution in [0, 0.1) is 6.92 Å². The summed E-state index contributed by atoms with van der Waals surface area (Å²) < 4.78 is 0. The molecule has 1 N–H and O–H groups in total. The molecule has 2 rings (SSSR count). The van der Waals surface area contributed by atoms with Crippen molar-refractivity contribution in [1.82, 2.24) is 9.88 Å². The number of hydrogen-bond acceptors (Lipinski definition) is 3. The predicted octanol–water partition coefficient (Wildman–Crippen LogP) is 3.42. The topological polar surface area (TPSA) is 62.3 Å². The molecule has 0 aliphatic heterocycles. The van der Waals surface area contributed by atoms with Crippen molar-refractivity contribution in [2.24, 2.45) is 0 Å². The molecular formula is C18H20ClN3O2. The number of carbonyl (C=O) groups is 2. The summed E-state index contributed by atoms with van der Waals surface area (Å²) in [5, 5.41) is 3.32. The molecule has 0 fully saturated rings. The van der Waals surface area contributed by atoms with Gasteiger partial charge in [0.25, 0.3) is 0 Å². The first-order valence-corrected chi connectivity index (χ1v) is 8.10. The Labute approximate surface area is 146 Å². The van der Waals surface area contributed by atoms with Crippen molar-refractivity contribution in [1.29, 1.82) is 0 Å². The molecule has 1 aromatic heterocycles. The number of benzene rings is 1. The Kier molecular flexibility index (Phi) is 6.32. The fourth-order valence-corrected chi connectivity index (χ4v) is 2.45. The Hall–Kier alpha value is -2.40. The number of hydrogen-bond donors (Lipinski definition) is 1. The third-order valence-corrected chi connectivity index (χ3v) is 4.12. The standard InChI is InChI=1S/C18H20ClN3O2/c1-3-22(12-14-7-9-20-10-8-14)18(24)11-17(23)21-16-6-4-5-15(19)13(16)2/h4-10H,3,11-12H2,1-2H3,(H,21,23). The quantitative estimate of drug-likeness (QED) is 0.816. The fourth-order valence-electron chi connectivity index (χ4n) is 2.27. The number of pyridine rings is 1. The van der Waals surface area contributed by atoms with Gasteiger partial charge in [-0.15, -0.1) is 0 Å². The summed E-state index contributed by atoms with van der Waals surface area (Å²) in [4.78, 5) is 30.1. The van der Waals surface area contributed by atoms with E-state index < -0.39 is 0 Å². The summed E-state index contributed by atoms with van der Waals surface area (Å²) in [6, 6.07) is 8.98.